The van der Waals surface area contributed by atoms with Crippen LogP contribution in [0.25, 0.3) is 0 Å². The number of hydrogen-bond donors (Lipinski definition) is 0. The van der Waals surface area contributed by atoms with Gasteiger partial charge in [-0.2, -0.15) is 26.3 Å². The van der Waals surface area contributed by atoms with Crippen LogP contribution in [0.1, 0.15) is 13.3 Å². The number of amides is 1. The Bertz CT molecular complexity index is 263. The van der Waals surface area contributed by atoms with Crippen molar-refractivity contribution in [2.75, 3.05) is 19.0 Å². The lowest BCUT2D eigenvalue weighted by molar-refractivity contribution is -0.277. The average Bonchev–Trinajstić information content (AvgIpc) is 2.14. The highest BCUT2D eigenvalue weighted by Gasteiger charge is 2.61. The van der Waals surface area contributed by atoms with Crippen molar-refractivity contribution < 1.29 is 31.1 Å². The van der Waals surface area contributed by atoms with Gasteiger partial charge in [-0.25, -0.2) is 0 Å². The molecule has 0 aromatic rings. The molecule has 0 atom stereocenters. The van der Waals surface area contributed by atoms with E-state index in [0.717, 1.165) is 0 Å². The Labute approximate surface area is 105 Å². The van der Waals surface area contributed by atoms with Crippen molar-refractivity contribution in [1.82, 2.24) is 4.90 Å². The molecule has 9 heteroatoms. The molecular formula is C9H12ClF6NO. The van der Waals surface area contributed by atoms with Crippen molar-refractivity contribution in [3.8, 4) is 0 Å². The van der Waals surface area contributed by atoms with E-state index < -0.39 is 24.2 Å². The Balaban J connectivity index is 5.07. The summed E-state index contributed by atoms with van der Waals surface area (Å²) in [4.78, 5) is 11.8. The van der Waals surface area contributed by atoms with Crippen molar-refractivity contribution in [3.63, 3.8) is 0 Å². The first-order valence-electron chi connectivity index (χ1n) is 5.03. The van der Waals surface area contributed by atoms with E-state index in [2.05, 4.69) is 0 Å². The lowest BCUT2D eigenvalue weighted by Crippen LogP contribution is -2.49. The van der Waals surface area contributed by atoms with E-state index in [4.69, 9.17) is 11.6 Å². The lowest BCUT2D eigenvalue weighted by atomic mass is 10.1. The van der Waals surface area contributed by atoms with Crippen LogP contribution in [0.3, 0.4) is 0 Å². The number of nitrogens with zero attached hydrogens (tertiary/aromatic N) is 1. The molecule has 0 unspecified atom stereocenters. The van der Waals surface area contributed by atoms with Gasteiger partial charge in [-0.3, -0.25) is 4.79 Å². The van der Waals surface area contributed by atoms with Gasteiger partial charge in [-0.15, -0.1) is 11.6 Å². The molecule has 0 aromatic heterocycles. The number of halogens is 7. The van der Waals surface area contributed by atoms with E-state index >= 15 is 0 Å². The Hall–Kier alpha value is -0.660. The second-order valence-electron chi connectivity index (χ2n) is 3.48. The third-order valence-corrected chi connectivity index (χ3v) is 2.42. The van der Waals surface area contributed by atoms with Crippen LogP contribution in [0.2, 0.25) is 0 Å². The monoisotopic (exact) mass is 299 g/mol. The van der Waals surface area contributed by atoms with E-state index in [1.54, 1.807) is 0 Å². The predicted octanol–water partition coefficient (Wildman–Crippen LogP) is 3.20. The second kappa shape index (κ2) is 6.49. The zero-order chi connectivity index (χ0) is 14.6. The molecule has 0 radical (unpaired) electrons. The van der Waals surface area contributed by atoms with Crippen LogP contribution >= 0.6 is 11.6 Å². The van der Waals surface area contributed by atoms with Gasteiger partial charge in [0, 0.05) is 19.0 Å². The predicted molar refractivity (Wildman–Crippen MR) is 53.2 cm³/mol. The molecule has 0 bridgehead atoms. The van der Waals surface area contributed by atoms with Crippen LogP contribution in [0.15, 0.2) is 0 Å². The van der Waals surface area contributed by atoms with Gasteiger partial charge in [0.05, 0.1) is 0 Å². The molecule has 2 nitrogen and oxygen atoms in total. The Kier molecular flexibility index (Phi) is 6.25. The summed E-state index contributed by atoms with van der Waals surface area (Å²) in [5.41, 5.74) is 0. The summed E-state index contributed by atoms with van der Waals surface area (Å²) in [5, 5.41) is 0. The molecule has 0 fully saturated rings. The number of carbonyl (C=O) groups is 1. The third-order valence-electron chi connectivity index (χ3n) is 2.16. The number of alkyl halides is 7. The maximum Gasteiger partial charge on any atom is 0.409 e. The summed E-state index contributed by atoms with van der Waals surface area (Å²) in [6, 6.07) is 0. The van der Waals surface area contributed by atoms with Gasteiger partial charge in [0.2, 0.25) is 11.8 Å². The summed E-state index contributed by atoms with van der Waals surface area (Å²) in [6.07, 6.45) is -11.2. The molecule has 0 heterocycles. The zero-order valence-electron chi connectivity index (χ0n) is 9.41. The van der Waals surface area contributed by atoms with E-state index in [9.17, 15) is 31.1 Å². The SMILES string of the molecule is CCN(CCCCl)C(=O)C(C(F)(F)F)C(F)(F)F. The van der Waals surface area contributed by atoms with Crippen molar-refractivity contribution in [3.05, 3.63) is 0 Å². The zero-order valence-corrected chi connectivity index (χ0v) is 10.2. The number of hydrogen-bond acceptors (Lipinski definition) is 1. The van der Waals surface area contributed by atoms with Crippen molar-refractivity contribution in [2.45, 2.75) is 25.7 Å². The summed E-state index contributed by atoms with van der Waals surface area (Å²) in [7, 11) is 0. The maximum absolute atomic E-state index is 12.3. The molecule has 0 aliphatic heterocycles. The van der Waals surface area contributed by atoms with E-state index in [-0.39, 0.29) is 25.4 Å². The average molecular weight is 300 g/mol. The van der Waals surface area contributed by atoms with Crippen LogP contribution in [0.4, 0.5) is 26.3 Å². The first-order chi connectivity index (χ1) is 8.05. The quantitative estimate of drug-likeness (QED) is 0.564. The van der Waals surface area contributed by atoms with Gasteiger partial charge in [0.1, 0.15) is 0 Å². The molecule has 0 aliphatic rings. The fourth-order valence-electron chi connectivity index (χ4n) is 1.32. The highest BCUT2D eigenvalue weighted by atomic mass is 35.5. The fraction of sp³-hybridized carbons (Fsp3) is 0.889. The topological polar surface area (TPSA) is 20.3 Å². The molecule has 0 aromatic carbocycles. The van der Waals surface area contributed by atoms with Crippen molar-refractivity contribution in [1.29, 1.82) is 0 Å². The normalized spacial score (nSPS) is 12.9. The van der Waals surface area contributed by atoms with Gasteiger partial charge < -0.3 is 4.90 Å². The van der Waals surface area contributed by atoms with Crippen LogP contribution in [0, 0.1) is 5.92 Å². The van der Waals surface area contributed by atoms with Crippen LogP contribution in [0.5, 0.6) is 0 Å². The van der Waals surface area contributed by atoms with Gasteiger partial charge in [-0.05, 0) is 13.3 Å². The van der Waals surface area contributed by atoms with Crippen LogP contribution in [-0.4, -0.2) is 42.1 Å². The first kappa shape index (κ1) is 17.3. The first-order valence-corrected chi connectivity index (χ1v) is 5.57. The molecule has 18 heavy (non-hydrogen) atoms. The standard InChI is InChI=1S/C9H12ClF6NO/c1-2-17(5-3-4-10)7(18)6(8(11,12)13)9(14,15)16/h6H,2-5H2,1H3. The minimum absolute atomic E-state index is 0.0481. The Morgan fingerprint density at radius 1 is 1.17 bits per heavy atom. The molecule has 0 saturated carbocycles. The fourth-order valence-corrected chi connectivity index (χ4v) is 1.44. The molecule has 0 aliphatic carbocycles. The van der Waals surface area contributed by atoms with Gasteiger partial charge >= 0.3 is 12.4 Å². The minimum Gasteiger partial charge on any atom is -0.342 e. The van der Waals surface area contributed by atoms with E-state index in [1.165, 1.54) is 6.92 Å². The van der Waals surface area contributed by atoms with Gasteiger partial charge in [0.25, 0.3) is 0 Å². The van der Waals surface area contributed by atoms with E-state index in [1.807, 2.05) is 0 Å². The second-order valence-corrected chi connectivity index (χ2v) is 3.85. The van der Waals surface area contributed by atoms with Crippen molar-refractivity contribution in [2.24, 2.45) is 5.92 Å². The Morgan fingerprint density at radius 2 is 1.61 bits per heavy atom. The number of rotatable bonds is 5. The molecular weight excluding hydrogens is 288 g/mol. The molecule has 0 spiro atoms. The summed E-state index contributed by atoms with van der Waals surface area (Å²) in [5.74, 6) is -5.91. The Morgan fingerprint density at radius 3 is 1.89 bits per heavy atom. The van der Waals surface area contributed by atoms with E-state index in [0.29, 0.717) is 4.90 Å². The molecule has 1 amide bonds. The minimum atomic E-state index is -5.65. The molecule has 0 saturated heterocycles. The van der Waals surface area contributed by atoms with Crippen molar-refractivity contribution >= 4 is 17.5 Å². The molecule has 0 rings (SSSR count). The highest BCUT2D eigenvalue weighted by Crippen LogP contribution is 2.40. The lowest BCUT2D eigenvalue weighted by Gasteiger charge is -2.28. The highest BCUT2D eigenvalue weighted by molar-refractivity contribution is 6.17. The third kappa shape index (κ3) is 4.91. The largest absolute Gasteiger partial charge is 0.409 e. The van der Waals surface area contributed by atoms with Crippen LogP contribution < -0.4 is 0 Å². The summed E-state index contributed by atoms with van der Waals surface area (Å²) >= 11 is 5.28. The summed E-state index contributed by atoms with van der Waals surface area (Å²) in [6.45, 7) is 0.829. The smallest absolute Gasteiger partial charge is 0.342 e. The number of carbonyl (C=O) groups excluding carboxylic acids is 1. The van der Waals surface area contributed by atoms with Gasteiger partial charge in [-0.1, -0.05) is 0 Å². The molecule has 108 valence electrons. The van der Waals surface area contributed by atoms with Gasteiger partial charge in [0.15, 0.2) is 0 Å². The summed E-state index contributed by atoms with van der Waals surface area (Å²) < 4.78 is 73.8. The molecule has 0 N–H and O–H groups in total. The van der Waals surface area contributed by atoms with Crippen LogP contribution in [-0.2, 0) is 4.79 Å². The maximum atomic E-state index is 12.3.